The van der Waals surface area contributed by atoms with Gasteiger partial charge in [0.2, 0.25) is 5.91 Å². The zero-order valence-corrected chi connectivity index (χ0v) is 24.7. The molecule has 0 saturated heterocycles. The van der Waals surface area contributed by atoms with Crippen LogP contribution in [0.4, 0.5) is 5.69 Å². The number of amides is 1. The van der Waals surface area contributed by atoms with Crippen LogP contribution in [-0.4, -0.2) is 40.0 Å². The zero-order valence-electron chi connectivity index (χ0n) is 22.3. The van der Waals surface area contributed by atoms with Gasteiger partial charge in [0.25, 0.3) is 5.56 Å². The maximum atomic E-state index is 14.1. The van der Waals surface area contributed by atoms with E-state index in [4.69, 9.17) is 26.7 Å². The van der Waals surface area contributed by atoms with Gasteiger partial charge in [-0.05, 0) is 62.0 Å². The Kier molecular flexibility index (Phi) is 8.06. The van der Waals surface area contributed by atoms with E-state index in [0.717, 1.165) is 28.6 Å². The van der Waals surface area contributed by atoms with Gasteiger partial charge in [-0.15, -0.1) is 0 Å². The fourth-order valence-electron chi connectivity index (χ4n) is 4.36. The number of aryl methyl sites for hydroxylation is 2. The minimum Gasteiger partial charge on any atom is -0.497 e. The Morgan fingerprint density at radius 2 is 1.80 bits per heavy atom. The predicted molar refractivity (Wildman–Crippen MR) is 164 cm³/mol. The number of aromatic nitrogens is 3. The molecular formula is C29H26N4O4S3. The highest BCUT2D eigenvalue weighted by molar-refractivity contribution is 7.99. The van der Waals surface area contributed by atoms with Crippen LogP contribution >= 0.6 is 35.3 Å². The van der Waals surface area contributed by atoms with Gasteiger partial charge in [-0.25, -0.2) is 4.98 Å². The zero-order chi connectivity index (χ0) is 28.4. The van der Waals surface area contributed by atoms with Crippen LogP contribution in [0.1, 0.15) is 11.1 Å². The second kappa shape index (κ2) is 11.7. The van der Waals surface area contributed by atoms with Crippen molar-refractivity contribution in [2.24, 2.45) is 0 Å². The number of thiazole rings is 1. The monoisotopic (exact) mass is 590 g/mol. The maximum absolute atomic E-state index is 14.1. The Bertz CT molecular complexity index is 1860. The van der Waals surface area contributed by atoms with Crippen molar-refractivity contribution in [2.75, 3.05) is 25.3 Å². The van der Waals surface area contributed by atoms with E-state index >= 15 is 0 Å². The van der Waals surface area contributed by atoms with E-state index in [-0.39, 0.29) is 17.2 Å². The number of thioether (sulfide) groups is 1. The molecule has 0 atom stereocenters. The van der Waals surface area contributed by atoms with Crippen LogP contribution in [0.3, 0.4) is 0 Å². The van der Waals surface area contributed by atoms with Crippen LogP contribution < -0.4 is 20.3 Å². The molecule has 0 unspecified atom stereocenters. The fourth-order valence-corrected chi connectivity index (χ4v) is 6.44. The van der Waals surface area contributed by atoms with Crippen molar-refractivity contribution >= 4 is 57.3 Å². The van der Waals surface area contributed by atoms with Gasteiger partial charge in [-0.2, -0.15) is 0 Å². The molecule has 2 heterocycles. The Morgan fingerprint density at radius 1 is 1.00 bits per heavy atom. The number of carbonyl (C=O) groups excluding carboxylic acids is 1. The number of para-hydroxylation sites is 2. The molecule has 5 aromatic rings. The fraction of sp³-hybridized carbons (Fsp3) is 0.172. The summed E-state index contributed by atoms with van der Waals surface area (Å²) in [6.07, 6.45) is 0. The second-order valence-electron chi connectivity index (χ2n) is 8.92. The predicted octanol–water partition coefficient (Wildman–Crippen LogP) is 6.33. The lowest BCUT2D eigenvalue weighted by Crippen LogP contribution is -2.23. The number of benzene rings is 3. The molecule has 0 aliphatic carbocycles. The minimum absolute atomic E-state index is 0.0126. The molecule has 1 N–H and O–H groups in total. The summed E-state index contributed by atoms with van der Waals surface area (Å²) >= 11 is 8.10. The molecular weight excluding hydrogens is 565 g/mol. The van der Waals surface area contributed by atoms with E-state index in [9.17, 15) is 9.59 Å². The van der Waals surface area contributed by atoms with Gasteiger partial charge in [0, 0.05) is 11.8 Å². The lowest BCUT2D eigenvalue weighted by Gasteiger charge is -2.16. The average Bonchev–Trinajstić information content (AvgIpc) is 3.28. The largest absolute Gasteiger partial charge is 0.497 e. The van der Waals surface area contributed by atoms with Crippen molar-refractivity contribution in [1.82, 2.24) is 14.1 Å². The summed E-state index contributed by atoms with van der Waals surface area (Å²) in [5.41, 5.74) is 4.29. The van der Waals surface area contributed by atoms with E-state index in [1.807, 2.05) is 42.7 Å². The lowest BCUT2D eigenvalue weighted by molar-refractivity contribution is -0.113. The summed E-state index contributed by atoms with van der Waals surface area (Å²) in [7, 11) is 3.11. The molecule has 0 aliphatic heterocycles. The Hall–Kier alpha value is -3.93. The van der Waals surface area contributed by atoms with Crippen LogP contribution in [0.15, 0.2) is 76.7 Å². The van der Waals surface area contributed by atoms with E-state index in [1.54, 1.807) is 50.6 Å². The third kappa shape index (κ3) is 5.40. The number of anilines is 1. The molecule has 1 amide bonds. The Balaban J connectivity index is 1.63. The lowest BCUT2D eigenvalue weighted by atomic mass is 10.1. The van der Waals surface area contributed by atoms with Crippen molar-refractivity contribution in [3.8, 4) is 22.9 Å². The molecule has 0 aliphatic rings. The van der Waals surface area contributed by atoms with Crippen molar-refractivity contribution < 1.29 is 14.3 Å². The molecule has 5 rings (SSSR count). The molecule has 0 bridgehead atoms. The highest BCUT2D eigenvalue weighted by Gasteiger charge is 2.22. The van der Waals surface area contributed by atoms with E-state index < -0.39 is 0 Å². The van der Waals surface area contributed by atoms with Gasteiger partial charge in [0.05, 0.1) is 31.3 Å². The van der Waals surface area contributed by atoms with Crippen LogP contribution in [0.25, 0.3) is 21.7 Å². The molecule has 0 spiro atoms. The van der Waals surface area contributed by atoms with Crippen molar-refractivity contribution in [3.05, 3.63) is 92.2 Å². The van der Waals surface area contributed by atoms with E-state index in [1.165, 1.54) is 15.9 Å². The smallest absolute Gasteiger partial charge is 0.278 e. The number of ether oxygens (including phenoxy) is 2. The first kappa shape index (κ1) is 27.6. The molecule has 40 heavy (non-hydrogen) atoms. The number of carbonyl (C=O) groups is 1. The van der Waals surface area contributed by atoms with Gasteiger partial charge >= 0.3 is 0 Å². The number of fused-ring (bicyclic) bond motifs is 1. The topological polar surface area (TPSA) is 87.4 Å². The number of hydrogen-bond donors (Lipinski definition) is 1. The third-order valence-electron chi connectivity index (χ3n) is 6.18. The van der Waals surface area contributed by atoms with Gasteiger partial charge in [-0.3, -0.25) is 18.7 Å². The van der Waals surface area contributed by atoms with Gasteiger partial charge in [0.1, 0.15) is 16.2 Å². The van der Waals surface area contributed by atoms with E-state index in [0.29, 0.717) is 42.3 Å². The van der Waals surface area contributed by atoms with Crippen LogP contribution in [0.5, 0.6) is 11.5 Å². The standard InChI is InChI=1S/C29H26N4O4S3/c1-17-12-13-21(18(2)14-17)32-26-25(40-29(32)38)27(35)33(22-10-5-6-11-23(22)37-4)28(31-26)39-16-24(34)30-19-8-7-9-20(15-19)36-3/h5-15H,16H2,1-4H3,(H,30,34). The normalized spacial score (nSPS) is 11.0. The molecule has 3 aromatic carbocycles. The summed E-state index contributed by atoms with van der Waals surface area (Å²) < 4.78 is 15.1. The quantitative estimate of drug-likeness (QED) is 0.128. The molecule has 204 valence electrons. The number of methoxy groups -OCH3 is 2. The van der Waals surface area contributed by atoms with Crippen LogP contribution in [0, 0.1) is 17.8 Å². The summed E-state index contributed by atoms with van der Waals surface area (Å²) in [5.74, 6) is 0.899. The van der Waals surface area contributed by atoms with Crippen molar-refractivity contribution in [3.63, 3.8) is 0 Å². The Labute approximate surface area is 244 Å². The molecule has 8 nitrogen and oxygen atoms in total. The average molecular weight is 591 g/mol. The van der Waals surface area contributed by atoms with Crippen LogP contribution in [-0.2, 0) is 4.79 Å². The molecule has 0 fully saturated rings. The summed E-state index contributed by atoms with van der Waals surface area (Å²) in [6.45, 7) is 4.03. The van der Waals surface area contributed by atoms with Gasteiger partial charge in [0.15, 0.2) is 14.8 Å². The first-order valence-electron chi connectivity index (χ1n) is 12.3. The maximum Gasteiger partial charge on any atom is 0.278 e. The van der Waals surface area contributed by atoms with Gasteiger partial charge in [-0.1, -0.05) is 59.0 Å². The summed E-state index contributed by atoms with van der Waals surface area (Å²) in [5, 5.41) is 3.22. The second-order valence-corrected chi connectivity index (χ2v) is 11.5. The van der Waals surface area contributed by atoms with Crippen LogP contribution in [0.2, 0.25) is 0 Å². The number of nitrogens with one attached hydrogen (secondary N) is 1. The highest BCUT2D eigenvalue weighted by Crippen LogP contribution is 2.31. The summed E-state index contributed by atoms with van der Waals surface area (Å²) in [6, 6.07) is 20.4. The molecule has 11 heteroatoms. The first-order chi connectivity index (χ1) is 19.3. The summed E-state index contributed by atoms with van der Waals surface area (Å²) in [4.78, 5) is 31.9. The van der Waals surface area contributed by atoms with Gasteiger partial charge < -0.3 is 14.8 Å². The SMILES string of the molecule is COc1cccc(NC(=O)CSc2nc3c(sc(=S)n3-c3ccc(C)cc3C)c(=O)n2-c2ccccc2OC)c1. The molecule has 2 aromatic heterocycles. The van der Waals surface area contributed by atoms with E-state index in [2.05, 4.69) is 11.4 Å². The minimum atomic E-state index is -0.287. The molecule has 0 saturated carbocycles. The number of hydrogen-bond acceptors (Lipinski definition) is 8. The number of rotatable bonds is 8. The molecule has 0 radical (unpaired) electrons. The van der Waals surface area contributed by atoms with Crippen molar-refractivity contribution in [2.45, 2.75) is 19.0 Å². The Morgan fingerprint density at radius 3 is 2.55 bits per heavy atom. The number of nitrogens with zero attached hydrogens (tertiary/aromatic N) is 3. The highest BCUT2D eigenvalue weighted by atomic mass is 32.2. The first-order valence-corrected chi connectivity index (χ1v) is 14.5. The third-order valence-corrected chi connectivity index (χ3v) is 8.47. The van der Waals surface area contributed by atoms with Crippen molar-refractivity contribution in [1.29, 1.82) is 0 Å².